The van der Waals surface area contributed by atoms with Crippen molar-refractivity contribution in [3.63, 3.8) is 0 Å². The molecule has 0 aromatic heterocycles. The molecule has 0 spiro atoms. The van der Waals surface area contributed by atoms with Crippen molar-refractivity contribution in [3.8, 4) is 0 Å². The number of anilines is 2. The SMILES string of the molecule is CC1CC(C)CN(S(=O)(=O)Nc2ccc3c(c2)CCN3Cc2ccc(F)cc2)C1. The fourth-order valence-corrected chi connectivity index (χ4v) is 5.98. The molecule has 2 aromatic carbocycles. The number of nitrogens with zero attached hydrogens (tertiary/aromatic N) is 2. The topological polar surface area (TPSA) is 52.7 Å². The molecule has 0 radical (unpaired) electrons. The van der Waals surface area contributed by atoms with Crippen LogP contribution in [0.3, 0.4) is 0 Å². The molecule has 2 aliphatic rings. The number of rotatable bonds is 5. The predicted molar refractivity (Wildman–Crippen MR) is 115 cm³/mol. The van der Waals surface area contributed by atoms with Crippen LogP contribution in [0.4, 0.5) is 15.8 Å². The minimum atomic E-state index is -3.55. The molecule has 2 aliphatic heterocycles. The second-order valence-corrected chi connectivity index (χ2v) is 10.2. The molecular formula is C22H28FN3O2S. The average molecular weight is 418 g/mol. The standard InChI is InChI=1S/C22H28FN3O2S/c1-16-11-17(2)14-26(13-16)29(27,28)24-21-7-8-22-19(12-21)9-10-25(22)15-18-3-5-20(23)6-4-18/h3-8,12,16-17,24H,9-11,13-15H2,1-2H3. The first-order chi connectivity index (χ1) is 13.8. The highest BCUT2D eigenvalue weighted by atomic mass is 32.2. The van der Waals surface area contributed by atoms with Crippen molar-refractivity contribution in [2.45, 2.75) is 33.2 Å². The first-order valence-electron chi connectivity index (χ1n) is 10.2. The van der Waals surface area contributed by atoms with E-state index in [9.17, 15) is 12.8 Å². The molecule has 0 saturated carbocycles. The third-order valence-electron chi connectivity index (χ3n) is 5.78. The van der Waals surface area contributed by atoms with Gasteiger partial charge in [0.05, 0.1) is 5.69 Å². The molecule has 4 rings (SSSR count). The lowest BCUT2D eigenvalue weighted by Gasteiger charge is -2.34. The van der Waals surface area contributed by atoms with Gasteiger partial charge in [-0.25, -0.2) is 4.39 Å². The summed E-state index contributed by atoms with van der Waals surface area (Å²) in [4.78, 5) is 2.24. The summed E-state index contributed by atoms with van der Waals surface area (Å²) < 4.78 is 43.2. The van der Waals surface area contributed by atoms with Crippen LogP contribution in [-0.2, 0) is 23.2 Å². The Morgan fingerprint density at radius 2 is 1.76 bits per heavy atom. The Kier molecular flexibility index (Phi) is 5.53. The van der Waals surface area contributed by atoms with E-state index in [2.05, 4.69) is 23.5 Å². The first kappa shape index (κ1) is 20.2. The van der Waals surface area contributed by atoms with Crippen molar-refractivity contribution in [3.05, 3.63) is 59.4 Å². The molecule has 2 heterocycles. The second kappa shape index (κ2) is 7.95. The molecule has 1 fully saturated rings. The van der Waals surface area contributed by atoms with Crippen LogP contribution in [0.15, 0.2) is 42.5 Å². The highest BCUT2D eigenvalue weighted by Gasteiger charge is 2.30. The van der Waals surface area contributed by atoms with Crippen LogP contribution >= 0.6 is 0 Å². The van der Waals surface area contributed by atoms with Crippen molar-refractivity contribution >= 4 is 21.6 Å². The Morgan fingerprint density at radius 1 is 1.07 bits per heavy atom. The maximum Gasteiger partial charge on any atom is 0.301 e. The van der Waals surface area contributed by atoms with Crippen LogP contribution in [0.5, 0.6) is 0 Å². The van der Waals surface area contributed by atoms with Crippen LogP contribution in [0, 0.1) is 17.7 Å². The van der Waals surface area contributed by atoms with E-state index in [-0.39, 0.29) is 5.82 Å². The molecule has 2 atom stereocenters. The summed E-state index contributed by atoms with van der Waals surface area (Å²) in [5.41, 5.74) is 3.90. The van der Waals surface area contributed by atoms with Gasteiger partial charge in [-0.2, -0.15) is 12.7 Å². The third-order valence-corrected chi connectivity index (χ3v) is 7.25. The maximum absolute atomic E-state index is 13.1. The molecule has 1 saturated heterocycles. The first-order valence-corrected chi connectivity index (χ1v) is 11.6. The van der Waals surface area contributed by atoms with Gasteiger partial charge in [0, 0.05) is 31.9 Å². The molecule has 7 heteroatoms. The minimum Gasteiger partial charge on any atom is -0.367 e. The van der Waals surface area contributed by atoms with Gasteiger partial charge in [-0.1, -0.05) is 26.0 Å². The number of hydrogen-bond acceptors (Lipinski definition) is 3. The Hall–Kier alpha value is -2.12. The highest BCUT2D eigenvalue weighted by molar-refractivity contribution is 7.90. The Balaban J connectivity index is 1.47. The number of piperidine rings is 1. The lowest BCUT2D eigenvalue weighted by Crippen LogP contribution is -2.45. The largest absolute Gasteiger partial charge is 0.367 e. The summed E-state index contributed by atoms with van der Waals surface area (Å²) in [7, 11) is -3.55. The molecule has 1 N–H and O–H groups in total. The summed E-state index contributed by atoms with van der Waals surface area (Å²) in [6.07, 6.45) is 1.93. The number of nitrogens with one attached hydrogen (secondary N) is 1. The molecule has 29 heavy (non-hydrogen) atoms. The highest BCUT2D eigenvalue weighted by Crippen LogP contribution is 2.32. The van der Waals surface area contributed by atoms with Crippen LogP contribution in [-0.4, -0.2) is 32.4 Å². The van der Waals surface area contributed by atoms with Crippen LogP contribution < -0.4 is 9.62 Å². The Morgan fingerprint density at radius 3 is 2.45 bits per heavy atom. The quantitative estimate of drug-likeness (QED) is 0.799. The van der Waals surface area contributed by atoms with E-state index in [1.54, 1.807) is 16.4 Å². The lowest BCUT2D eigenvalue weighted by atomic mass is 9.94. The molecule has 2 aromatic rings. The summed E-state index contributed by atoms with van der Waals surface area (Å²) in [6, 6.07) is 12.3. The summed E-state index contributed by atoms with van der Waals surface area (Å²) in [5, 5.41) is 0. The van der Waals surface area contributed by atoms with E-state index in [4.69, 9.17) is 0 Å². The van der Waals surface area contributed by atoms with E-state index < -0.39 is 10.2 Å². The van der Waals surface area contributed by atoms with Gasteiger partial charge in [-0.05, 0) is 66.1 Å². The molecule has 0 amide bonds. The Labute approximate surface area is 172 Å². The number of benzene rings is 2. The van der Waals surface area contributed by atoms with Crippen LogP contribution in [0.1, 0.15) is 31.4 Å². The van der Waals surface area contributed by atoms with E-state index in [0.29, 0.717) is 37.2 Å². The second-order valence-electron chi connectivity index (χ2n) is 8.51. The van der Waals surface area contributed by atoms with Gasteiger partial charge < -0.3 is 4.90 Å². The zero-order chi connectivity index (χ0) is 20.6. The third kappa shape index (κ3) is 4.56. The zero-order valence-electron chi connectivity index (χ0n) is 16.9. The van der Waals surface area contributed by atoms with E-state index >= 15 is 0 Å². The molecule has 0 aliphatic carbocycles. The van der Waals surface area contributed by atoms with Crippen molar-refractivity contribution in [2.75, 3.05) is 29.3 Å². The summed E-state index contributed by atoms with van der Waals surface area (Å²) >= 11 is 0. The van der Waals surface area contributed by atoms with E-state index in [0.717, 1.165) is 36.2 Å². The molecule has 0 bridgehead atoms. The van der Waals surface area contributed by atoms with E-state index in [1.807, 2.05) is 18.2 Å². The van der Waals surface area contributed by atoms with Gasteiger partial charge in [-0.3, -0.25) is 4.72 Å². The number of halogens is 1. The average Bonchev–Trinajstić information content (AvgIpc) is 3.04. The minimum absolute atomic E-state index is 0.231. The van der Waals surface area contributed by atoms with Gasteiger partial charge in [-0.15, -0.1) is 0 Å². The van der Waals surface area contributed by atoms with Crippen molar-refractivity contribution in [1.82, 2.24) is 4.31 Å². The Bertz CT molecular complexity index is 968. The zero-order valence-corrected chi connectivity index (χ0v) is 17.8. The van der Waals surface area contributed by atoms with Crippen LogP contribution in [0.2, 0.25) is 0 Å². The predicted octanol–water partition coefficient (Wildman–Crippen LogP) is 4.02. The van der Waals surface area contributed by atoms with Crippen molar-refractivity contribution < 1.29 is 12.8 Å². The molecular weight excluding hydrogens is 389 g/mol. The summed E-state index contributed by atoms with van der Waals surface area (Å²) in [5.74, 6) is 0.510. The lowest BCUT2D eigenvalue weighted by molar-refractivity contribution is 0.223. The van der Waals surface area contributed by atoms with Gasteiger partial charge in [0.1, 0.15) is 5.82 Å². The van der Waals surface area contributed by atoms with Gasteiger partial charge >= 0.3 is 10.2 Å². The fourth-order valence-electron chi connectivity index (χ4n) is 4.52. The van der Waals surface area contributed by atoms with Gasteiger partial charge in [0.15, 0.2) is 0 Å². The molecule has 2 unspecified atom stereocenters. The summed E-state index contributed by atoms with van der Waals surface area (Å²) in [6.45, 7) is 6.91. The van der Waals surface area contributed by atoms with Gasteiger partial charge in [0.25, 0.3) is 0 Å². The number of hydrogen-bond donors (Lipinski definition) is 1. The van der Waals surface area contributed by atoms with Crippen molar-refractivity contribution in [2.24, 2.45) is 11.8 Å². The van der Waals surface area contributed by atoms with Crippen LogP contribution in [0.25, 0.3) is 0 Å². The monoisotopic (exact) mass is 417 g/mol. The van der Waals surface area contributed by atoms with Crippen molar-refractivity contribution in [1.29, 1.82) is 0 Å². The fraction of sp³-hybridized carbons (Fsp3) is 0.455. The molecule has 5 nitrogen and oxygen atoms in total. The van der Waals surface area contributed by atoms with E-state index in [1.165, 1.54) is 12.1 Å². The smallest absolute Gasteiger partial charge is 0.301 e. The number of fused-ring (bicyclic) bond motifs is 1. The maximum atomic E-state index is 13.1. The normalized spacial score (nSPS) is 22.5. The molecule has 156 valence electrons. The van der Waals surface area contributed by atoms with Gasteiger partial charge in [0.2, 0.25) is 0 Å².